The first-order chi connectivity index (χ1) is 13.7. The molecule has 0 aliphatic carbocycles. The number of hydrogen-bond donors (Lipinski definition) is 0. The van der Waals surface area contributed by atoms with Gasteiger partial charge in [-0.05, 0) is 48.5 Å². The van der Waals surface area contributed by atoms with Crippen LogP contribution in [0.3, 0.4) is 0 Å². The van der Waals surface area contributed by atoms with Gasteiger partial charge < -0.3 is 18.9 Å². The molecule has 0 saturated heterocycles. The van der Waals surface area contributed by atoms with Gasteiger partial charge in [0.25, 0.3) is 5.88 Å². The highest BCUT2D eigenvalue weighted by atomic mass is 16.5. The molecular weight excluding hydrogens is 358 g/mol. The van der Waals surface area contributed by atoms with Crippen molar-refractivity contribution in [3.05, 3.63) is 65.7 Å². The molecule has 1 aromatic heterocycles. The zero-order valence-corrected chi connectivity index (χ0v) is 15.2. The third-order valence-corrected chi connectivity index (χ3v) is 3.71. The fourth-order valence-corrected chi connectivity index (χ4v) is 2.35. The molecule has 0 saturated carbocycles. The Balaban J connectivity index is 1.94. The maximum atomic E-state index is 8.90. The molecule has 0 N–H and O–H groups in total. The van der Waals surface area contributed by atoms with E-state index in [9.17, 15) is 0 Å². The van der Waals surface area contributed by atoms with Crippen LogP contribution in [0.2, 0.25) is 0 Å². The fraction of sp³-hybridized carbons (Fsp3) is 0.0952. The van der Waals surface area contributed by atoms with E-state index in [4.69, 9.17) is 29.5 Å². The maximum Gasteiger partial charge on any atom is 0.269 e. The first kappa shape index (κ1) is 18.6. The van der Waals surface area contributed by atoms with Gasteiger partial charge in [0, 0.05) is 6.07 Å². The summed E-state index contributed by atoms with van der Waals surface area (Å²) in [5, 5.41) is 17.8. The highest BCUT2D eigenvalue weighted by molar-refractivity contribution is 5.52. The Labute approximate surface area is 161 Å². The van der Waals surface area contributed by atoms with Crippen LogP contribution in [0.5, 0.6) is 34.8 Å². The van der Waals surface area contributed by atoms with E-state index in [1.165, 1.54) is 14.2 Å². The Kier molecular flexibility index (Phi) is 5.59. The Morgan fingerprint density at radius 3 is 1.75 bits per heavy atom. The molecule has 7 heteroatoms. The van der Waals surface area contributed by atoms with Gasteiger partial charge in [0.05, 0.1) is 37.5 Å². The molecule has 0 spiro atoms. The van der Waals surface area contributed by atoms with E-state index >= 15 is 0 Å². The van der Waals surface area contributed by atoms with Crippen molar-refractivity contribution in [2.75, 3.05) is 14.2 Å². The number of hydrogen-bond acceptors (Lipinski definition) is 7. The number of ether oxygens (including phenoxy) is 4. The van der Waals surface area contributed by atoms with Crippen LogP contribution in [0.15, 0.2) is 54.6 Å². The number of nitrogens with zero attached hydrogens (tertiary/aromatic N) is 3. The maximum absolute atomic E-state index is 8.90. The average Bonchev–Trinajstić information content (AvgIpc) is 2.74. The molecule has 0 unspecified atom stereocenters. The first-order valence-electron chi connectivity index (χ1n) is 8.16. The van der Waals surface area contributed by atoms with Crippen LogP contribution < -0.4 is 18.9 Å². The van der Waals surface area contributed by atoms with Crippen molar-refractivity contribution in [3.8, 4) is 46.9 Å². The molecule has 0 bridgehead atoms. The Morgan fingerprint density at radius 2 is 1.29 bits per heavy atom. The molecule has 28 heavy (non-hydrogen) atoms. The predicted molar refractivity (Wildman–Crippen MR) is 99.8 cm³/mol. The van der Waals surface area contributed by atoms with Crippen molar-refractivity contribution in [1.29, 1.82) is 10.5 Å². The molecule has 1 heterocycles. The SMILES string of the molecule is COc1cc(Oc2ccc(C#N)cc2)nc(Oc2ccc(C#N)cc2)c1OC. The van der Waals surface area contributed by atoms with Gasteiger partial charge >= 0.3 is 0 Å². The zero-order chi connectivity index (χ0) is 19.9. The zero-order valence-electron chi connectivity index (χ0n) is 15.2. The Hall–Kier alpha value is -4.23. The summed E-state index contributed by atoms with van der Waals surface area (Å²) in [6.45, 7) is 0. The quantitative estimate of drug-likeness (QED) is 0.630. The minimum Gasteiger partial charge on any atom is -0.492 e. The van der Waals surface area contributed by atoms with Gasteiger partial charge in [0.2, 0.25) is 11.6 Å². The van der Waals surface area contributed by atoms with Crippen molar-refractivity contribution in [2.24, 2.45) is 0 Å². The van der Waals surface area contributed by atoms with Gasteiger partial charge in [-0.15, -0.1) is 0 Å². The number of nitriles is 2. The number of pyridine rings is 1. The Bertz CT molecular complexity index is 1050. The second-order valence-electron chi connectivity index (χ2n) is 5.48. The summed E-state index contributed by atoms with van der Waals surface area (Å²) >= 11 is 0. The van der Waals surface area contributed by atoms with Crippen LogP contribution in [-0.4, -0.2) is 19.2 Å². The van der Waals surface area contributed by atoms with E-state index in [1.54, 1.807) is 54.6 Å². The Morgan fingerprint density at radius 1 is 0.750 bits per heavy atom. The van der Waals surface area contributed by atoms with E-state index in [2.05, 4.69) is 4.98 Å². The summed E-state index contributed by atoms with van der Waals surface area (Å²) in [7, 11) is 2.97. The molecule has 0 aliphatic heterocycles. The standard InChI is InChI=1S/C21H15N3O4/c1-25-18-11-19(27-16-7-3-14(12-22)4-8-16)24-21(20(18)26-2)28-17-9-5-15(13-23)6-10-17/h3-11H,1-2H3. The van der Waals surface area contributed by atoms with Crippen molar-refractivity contribution in [3.63, 3.8) is 0 Å². The van der Waals surface area contributed by atoms with E-state index in [1.807, 2.05) is 12.1 Å². The van der Waals surface area contributed by atoms with Crippen LogP contribution in [-0.2, 0) is 0 Å². The number of benzene rings is 2. The second kappa shape index (κ2) is 8.43. The fourth-order valence-electron chi connectivity index (χ4n) is 2.35. The van der Waals surface area contributed by atoms with Crippen molar-refractivity contribution in [2.45, 2.75) is 0 Å². The molecule has 138 valence electrons. The molecule has 0 radical (unpaired) electrons. The molecule has 0 amide bonds. The second-order valence-corrected chi connectivity index (χ2v) is 5.48. The summed E-state index contributed by atoms with van der Waals surface area (Å²) < 4.78 is 22.3. The monoisotopic (exact) mass is 373 g/mol. The molecule has 0 aliphatic rings. The average molecular weight is 373 g/mol. The molecule has 0 atom stereocenters. The summed E-state index contributed by atoms with van der Waals surface area (Å²) in [6.07, 6.45) is 0. The molecule has 2 aromatic carbocycles. The van der Waals surface area contributed by atoms with E-state index in [-0.39, 0.29) is 11.8 Å². The number of aromatic nitrogens is 1. The van der Waals surface area contributed by atoms with E-state index in [0.29, 0.717) is 34.1 Å². The molecule has 3 aromatic rings. The minimum atomic E-state index is 0.148. The topological polar surface area (TPSA) is 97.4 Å². The lowest BCUT2D eigenvalue weighted by Gasteiger charge is -2.14. The largest absolute Gasteiger partial charge is 0.492 e. The van der Waals surface area contributed by atoms with Crippen LogP contribution in [0.4, 0.5) is 0 Å². The molecule has 3 rings (SSSR count). The van der Waals surface area contributed by atoms with E-state index in [0.717, 1.165) is 0 Å². The van der Waals surface area contributed by atoms with Crippen LogP contribution in [0.25, 0.3) is 0 Å². The predicted octanol–water partition coefficient (Wildman–Crippen LogP) is 4.43. The number of methoxy groups -OCH3 is 2. The first-order valence-corrected chi connectivity index (χ1v) is 8.16. The minimum absolute atomic E-state index is 0.148. The van der Waals surface area contributed by atoms with Gasteiger partial charge in [-0.1, -0.05) is 0 Å². The highest BCUT2D eigenvalue weighted by Gasteiger charge is 2.18. The van der Waals surface area contributed by atoms with Crippen LogP contribution in [0, 0.1) is 22.7 Å². The lowest BCUT2D eigenvalue weighted by molar-refractivity contribution is 0.323. The lowest BCUT2D eigenvalue weighted by atomic mass is 10.2. The van der Waals surface area contributed by atoms with Crippen LogP contribution >= 0.6 is 0 Å². The van der Waals surface area contributed by atoms with Gasteiger partial charge in [-0.3, -0.25) is 0 Å². The summed E-state index contributed by atoms with van der Waals surface area (Å²) in [4.78, 5) is 4.35. The summed E-state index contributed by atoms with van der Waals surface area (Å²) in [5.74, 6) is 2.04. The summed E-state index contributed by atoms with van der Waals surface area (Å²) in [5.41, 5.74) is 1.04. The third-order valence-electron chi connectivity index (χ3n) is 3.71. The highest BCUT2D eigenvalue weighted by Crippen LogP contribution is 2.41. The van der Waals surface area contributed by atoms with Gasteiger partial charge in [-0.2, -0.15) is 15.5 Å². The lowest BCUT2D eigenvalue weighted by Crippen LogP contribution is -1.99. The third kappa shape index (κ3) is 4.12. The van der Waals surface area contributed by atoms with Crippen molar-refractivity contribution >= 4 is 0 Å². The van der Waals surface area contributed by atoms with Crippen LogP contribution in [0.1, 0.15) is 11.1 Å². The molecule has 0 fully saturated rings. The van der Waals surface area contributed by atoms with Crippen molar-refractivity contribution < 1.29 is 18.9 Å². The normalized spacial score (nSPS) is 9.71. The summed E-state index contributed by atoms with van der Waals surface area (Å²) in [6, 6.07) is 18.9. The van der Waals surface area contributed by atoms with E-state index < -0.39 is 0 Å². The molecule has 7 nitrogen and oxygen atoms in total. The van der Waals surface area contributed by atoms with Crippen molar-refractivity contribution in [1.82, 2.24) is 4.98 Å². The molecular formula is C21H15N3O4. The van der Waals surface area contributed by atoms with Gasteiger partial charge in [0.15, 0.2) is 5.75 Å². The van der Waals surface area contributed by atoms with Gasteiger partial charge in [-0.25, -0.2) is 0 Å². The smallest absolute Gasteiger partial charge is 0.269 e. The van der Waals surface area contributed by atoms with Gasteiger partial charge in [0.1, 0.15) is 11.5 Å². The number of rotatable bonds is 6.